The molecule has 0 aliphatic carbocycles. The zero-order valence-corrected chi connectivity index (χ0v) is 20.3. The number of para-hydroxylation sites is 1. The van der Waals surface area contributed by atoms with Gasteiger partial charge in [0.05, 0.1) is 24.2 Å². The van der Waals surface area contributed by atoms with E-state index in [2.05, 4.69) is 11.6 Å². The number of aliphatic hydroxyl groups excluding tert-OH is 1. The molecule has 1 aromatic heterocycles. The highest BCUT2D eigenvalue weighted by Crippen LogP contribution is 2.48. The molecule has 0 amide bonds. The largest absolute Gasteiger partial charge is 1.00 e. The van der Waals surface area contributed by atoms with Crippen molar-refractivity contribution in [2.45, 2.75) is 37.7 Å². The molecular weight excluding hydrogens is 505 g/mol. The van der Waals surface area contributed by atoms with Gasteiger partial charge in [0.25, 0.3) is 0 Å². The van der Waals surface area contributed by atoms with Gasteiger partial charge in [0.1, 0.15) is 18.7 Å². The number of quaternary nitrogens is 1. The topological polar surface area (TPSA) is 33.1 Å². The molecule has 2 bridgehead atoms. The summed E-state index contributed by atoms with van der Waals surface area (Å²) in [5.74, 6) is 0.827. The molecule has 0 spiro atoms. The fourth-order valence-electron chi connectivity index (χ4n) is 6.13. The number of pyridine rings is 1. The van der Waals surface area contributed by atoms with E-state index in [9.17, 15) is 18.3 Å². The summed E-state index contributed by atoms with van der Waals surface area (Å²) in [6.45, 7) is 6.39. The first kappa shape index (κ1) is 24.9. The Morgan fingerprint density at radius 1 is 1.12 bits per heavy atom. The summed E-state index contributed by atoms with van der Waals surface area (Å²) in [6.07, 6.45) is 0.648. The third-order valence-corrected chi connectivity index (χ3v) is 7.82. The minimum Gasteiger partial charge on any atom is -1.00 e. The van der Waals surface area contributed by atoms with Crippen LogP contribution in [0.4, 0.5) is 13.2 Å². The molecule has 0 saturated carbocycles. The van der Waals surface area contributed by atoms with Gasteiger partial charge in [0, 0.05) is 35.9 Å². The van der Waals surface area contributed by atoms with Crippen molar-refractivity contribution in [1.82, 2.24) is 4.98 Å². The van der Waals surface area contributed by atoms with Crippen LogP contribution in [0.15, 0.2) is 73.4 Å². The summed E-state index contributed by atoms with van der Waals surface area (Å²) in [6, 6.07) is 15.2. The van der Waals surface area contributed by atoms with Crippen molar-refractivity contribution in [1.29, 1.82) is 0 Å². The normalized spacial score (nSPS) is 27.2. The van der Waals surface area contributed by atoms with Crippen molar-refractivity contribution < 1.29 is 39.7 Å². The van der Waals surface area contributed by atoms with Crippen molar-refractivity contribution in [3.05, 3.63) is 90.1 Å². The summed E-state index contributed by atoms with van der Waals surface area (Å²) in [7, 11) is 0. The molecule has 3 aliphatic rings. The zero-order valence-electron chi connectivity index (χ0n) is 18.8. The fraction of sp³-hybridized carbons (Fsp3) is 0.370. The third-order valence-electron chi connectivity index (χ3n) is 7.82. The second kappa shape index (κ2) is 9.44. The van der Waals surface area contributed by atoms with Gasteiger partial charge >= 0.3 is 6.18 Å². The maximum Gasteiger partial charge on any atom is 0.416 e. The second-order valence-corrected chi connectivity index (χ2v) is 9.59. The van der Waals surface area contributed by atoms with Gasteiger partial charge in [0.15, 0.2) is 0 Å². The number of halogens is 4. The van der Waals surface area contributed by atoms with Crippen molar-refractivity contribution >= 4 is 10.9 Å². The Labute approximate surface area is 208 Å². The fourth-order valence-corrected chi connectivity index (χ4v) is 6.13. The lowest BCUT2D eigenvalue weighted by Crippen LogP contribution is -3.00. The van der Waals surface area contributed by atoms with Gasteiger partial charge in [-0.05, 0) is 35.7 Å². The van der Waals surface area contributed by atoms with Gasteiger partial charge in [0.2, 0.25) is 0 Å². The molecule has 6 rings (SSSR count). The SMILES string of the molecule is C=CC1C[N+]2(Cc3ccc(C(F)(F)F)cc3)CCC1CC2C(O)c1ccnc2ccccc12.[Br-]. The van der Waals surface area contributed by atoms with E-state index in [1.165, 1.54) is 0 Å². The number of fused-ring (bicyclic) bond motifs is 4. The highest BCUT2D eigenvalue weighted by Gasteiger charge is 2.54. The molecule has 180 valence electrons. The number of rotatable bonds is 5. The zero-order chi connectivity index (χ0) is 23.2. The number of hydrogen-bond donors (Lipinski definition) is 1. The van der Waals surface area contributed by atoms with E-state index in [1.54, 1.807) is 18.3 Å². The van der Waals surface area contributed by atoms with E-state index in [0.29, 0.717) is 22.9 Å². The van der Waals surface area contributed by atoms with Crippen LogP contribution in [0.5, 0.6) is 0 Å². The molecule has 4 heterocycles. The lowest BCUT2D eigenvalue weighted by Gasteiger charge is -2.58. The van der Waals surface area contributed by atoms with Crippen LogP contribution in [0.25, 0.3) is 10.9 Å². The Morgan fingerprint density at radius 2 is 1.85 bits per heavy atom. The summed E-state index contributed by atoms with van der Waals surface area (Å²) in [4.78, 5) is 4.43. The molecular formula is C27H28BrF3N2O. The molecule has 3 saturated heterocycles. The van der Waals surface area contributed by atoms with Gasteiger partial charge in [-0.2, -0.15) is 13.2 Å². The van der Waals surface area contributed by atoms with Gasteiger partial charge < -0.3 is 26.6 Å². The van der Waals surface area contributed by atoms with Crippen LogP contribution in [0, 0.1) is 11.8 Å². The first-order valence-electron chi connectivity index (χ1n) is 11.5. The maximum absolute atomic E-state index is 13.1. The standard InChI is InChI=1S/C27H28F3N2O.BrH/c1-2-19-17-32(16-18-7-9-21(10-8-18)27(28,29)30)14-12-20(19)15-25(32)26(33)23-11-13-31-24-6-4-3-5-22(23)24;/h2-11,13,19-20,25-26,33H,1,12,14-17H2;1H/q+1;/p-1. The minimum atomic E-state index is -4.34. The number of aliphatic hydroxyl groups is 1. The minimum absolute atomic E-state index is 0. The van der Waals surface area contributed by atoms with Crippen LogP contribution < -0.4 is 17.0 Å². The Morgan fingerprint density at radius 3 is 2.56 bits per heavy atom. The average Bonchev–Trinajstić information content (AvgIpc) is 2.83. The van der Waals surface area contributed by atoms with Crippen molar-refractivity contribution in [2.24, 2.45) is 11.8 Å². The number of alkyl halides is 3. The van der Waals surface area contributed by atoms with Crippen LogP contribution in [0.3, 0.4) is 0 Å². The lowest BCUT2D eigenvalue weighted by molar-refractivity contribution is -0.984. The molecule has 0 radical (unpaired) electrons. The van der Waals surface area contributed by atoms with Gasteiger partial charge in [-0.1, -0.05) is 36.4 Å². The molecule has 1 N–H and O–H groups in total. The van der Waals surface area contributed by atoms with E-state index < -0.39 is 17.8 Å². The molecule has 34 heavy (non-hydrogen) atoms. The summed E-state index contributed by atoms with van der Waals surface area (Å²) >= 11 is 0. The number of hydrogen-bond acceptors (Lipinski definition) is 2. The first-order valence-corrected chi connectivity index (χ1v) is 11.5. The number of piperidine rings is 3. The van der Waals surface area contributed by atoms with E-state index in [1.807, 2.05) is 36.4 Å². The van der Waals surface area contributed by atoms with Crippen LogP contribution in [0.2, 0.25) is 0 Å². The smallest absolute Gasteiger partial charge is 0.416 e. The molecule has 3 aliphatic heterocycles. The Balaban J connectivity index is 0.00000274. The summed E-state index contributed by atoms with van der Waals surface area (Å²) in [5, 5.41) is 12.6. The second-order valence-electron chi connectivity index (χ2n) is 9.59. The predicted molar refractivity (Wildman–Crippen MR) is 122 cm³/mol. The highest BCUT2D eigenvalue weighted by atomic mass is 79.9. The van der Waals surface area contributed by atoms with E-state index in [4.69, 9.17) is 0 Å². The van der Waals surface area contributed by atoms with Crippen LogP contribution in [-0.2, 0) is 12.7 Å². The molecule has 3 fully saturated rings. The van der Waals surface area contributed by atoms with Crippen molar-refractivity contribution in [3.63, 3.8) is 0 Å². The van der Waals surface area contributed by atoms with Crippen molar-refractivity contribution in [2.75, 3.05) is 13.1 Å². The van der Waals surface area contributed by atoms with E-state index in [0.717, 1.165) is 60.1 Å². The highest BCUT2D eigenvalue weighted by molar-refractivity contribution is 5.82. The van der Waals surface area contributed by atoms with Gasteiger partial charge in [-0.15, -0.1) is 6.58 Å². The first-order chi connectivity index (χ1) is 15.8. The molecule has 3 aromatic rings. The Bertz CT molecular complexity index is 1160. The predicted octanol–water partition coefficient (Wildman–Crippen LogP) is 2.90. The number of benzene rings is 2. The average molecular weight is 533 g/mol. The lowest BCUT2D eigenvalue weighted by atomic mass is 9.71. The van der Waals surface area contributed by atoms with Crippen molar-refractivity contribution in [3.8, 4) is 0 Å². The monoisotopic (exact) mass is 532 g/mol. The van der Waals surface area contributed by atoms with Gasteiger partial charge in [-0.25, -0.2) is 0 Å². The quantitative estimate of drug-likeness (QED) is 0.405. The molecule has 5 atom stereocenters. The van der Waals surface area contributed by atoms with Crippen LogP contribution in [0.1, 0.15) is 35.6 Å². The number of aromatic nitrogens is 1. The van der Waals surface area contributed by atoms with Crippen LogP contribution >= 0.6 is 0 Å². The van der Waals surface area contributed by atoms with E-state index in [-0.39, 0.29) is 23.0 Å². The summed E-state index contributed by atoms with van der Waals surface area (Å²) in [5.41, 5.74) is 1.96. The Hall–Kier alpha value is -2.22. The molecule has 5 unspecified atom stereocenters. The summed E-state index contributed by atoms with van der Waals surface area (Å²) < 4.78 is 39.8. The Kier molecular flexibility index (Phi) is 6.91. The van der Waals surface area contributed by atoms with Crippen LogP contribution in [-0.4, -0.2) is 33.7 Å². The van der Waals surface area contributed by atoms with Gasteiger partial charge in [-0.3, -0.25) is 4.98 Å². The maximum atomic E-state index is 13.1. The van der Waals surface area contributed by atoms with E-state index >= 15 is 0 Å². The third kappa shape index (κ3) is 4.41. The molecule has 2 aromatic carbocycles. The number of nitrogens with zero attached hydrogens (tertiary/aromatic N) is 2. The molecule has 3 nitrogen and oxygen atoms in total. The molecule has 7 heteroatoms.